The van der Waals surface area contributed by atoms with E-state index < -0.39 is 10.8 Å². The van der Waals surface area contributed by atoms with E-state index in [9.17, 15) is 4.21 Å². The lowest BCUT2D eigenvalue weighted by Gasteiger charge is -2.17. The van der Waals surface area contributed by atoms with Crippen molar-refractivity contribution in [2.75, 3.05) is 12.8 Å². The quantitative estimate of drug-likeness (QED) is 0.711. The molecular formula is C11H25NOS. The van der Waals surface area contributed by atoms with E-state index >= 15 is 0 Å². The second-order valence-corrected chi connectivity index (χ2v) is 6.39. The van der Waals surface area contributed by atoms with E-state index in [1.165, 1.54) is 12.8 Å². The van der Waals surface area contributed by atoms with E-state index in [0.29, 0.717) is 6.04 Å². The Labute approximate surface area is 91.3 Å². The van der Waals surface area contributed by atoms with E-state index in [-0.39, 0.29) is 5.25 Å². The predicted molar refractivity (Wildman–Crippen MR) is 65.1 cm³/mol. The fraction of sp³-hybridized carbons (Fsp3) is 1.00. The van der Waals surface area contributed by atoms with Gasteiger partial charge in [-0.1, -0.05) is 13.8 Å². The molecule has 0 amide bonds. The summed E-state index contributed by atoms with van der Waals surface area (Å²) in [5.41, 5.74) is 0. The van der Waals surface area contributed by atoms with Crippen LogP contribution < -0.4 is 5.32 Å². The molecule has 3 heteroatoms. The Hall–Kier alpha value is 0.110. The molecule has 0 aliphatic carbocycles. The van der Waals surface area contributed by atoms with Gasteiger partial charge in [0.1, 0.15) is 0 Å². The number of nitrogens with one attached hydrogen (secondary N) is 1. The third-order valence-corrected chi connectivity index (χ3v) is 3.80. The molecule has 0 aliphatic rings. The lowest BCUT2D eigenvalue weighted by molar-refractivity contribution is 0.452. The number of hydrogen-bond donors (Lipinski definition) is 1. The Kier molecular flexibility index (Phi) is 7.47. The van der Waals surface area contributed by atoms with Crippen molar-refractivity contribution in [2.24, 2.45) is 5.92 Å². The first-order valence-electron chi connectivity index (χ1n) is 5.49. The predicted octanol–water partition coefficient (Wildman–Crippen LogP) is 2.17. The second-order valence-electron chi connectivity index (χ2n) is 4.59. The normalized spacial score (nSPS) is 18.1. The Morgan fingerprint density at radius 2 is 1.71 bits per heavy atom. The summed E-state index contributed by atoms with van der Waals surface area (Å²) in [5, 5.41) is 3.69. The molecule has 0 saturated heterocycles. The van der Waals surface area contributed by atoms with E-state index in [1.54, 1.807) is 6.26 Å². The highest BCUT2D eigenvalue weighted by Crippen LogP contribution is 2.06. The Bertz CT molecular complexity index is 171. The summed E-state index contributed by atoms with van der Waals surface area (Å²) in [5.74, 6) is 0.775. The third kappa shape index (κ3) is 7.51. The highest BCUT2D eigenvalue weighted by molar-refractivity contribution is 7.84. The van der Waals surface area contributed by atoms with Crippen LogP contribution in [0.3, 0.4) is 0 Å². The first-order chi connectivity index (χ1) is 6.43. The highest BCUT2D eigenvalue weighted by atomic mass is 32.2. The van der Waals surface area contributed by atoms with Gasteiger partial charge in [0.2, 0.25) is 0 Å². The summed E-state index contributed by atoms with van der Waals surface area (Å²) < 4.78 is 11.1. The summed E-state index contributed by atoms with van der Waals surface area (Å²) in [4.78, 5) is 0. The van der Waals surface area contributed by atoms with Crippen LogP contribution in [-0.2, 0) is 10.8 Å². The first-order valence-corrected chi connectivity index (χ1v) is 7.11. The van der Waals surface area contributed by atoms with Crippen LogP contribution in [0, 0.1) is 5.92 Å². The maximum atomic E-state index is 11.1. The molecule has 3 unspecified atom stereocenters. The molecule has 0 heterocycles. The summed E-state index contributed by atoms with van der Waals surface area (Å²) >= 11 is 0. The highest BCUT2D eigenvalue weighted by Gasteiger charge is 2.08. The van der Waals surface area contributed by atoms with Crippen molar-refractivity contribution in [1.82, 2.24) is 5.32 Å². The number of hydrogen-bond acceptors (Lipinski definition) is 2. The van der Waals surface area contributed by atoms with Crippen LogP contribution in [0.25, 0.3) is 0 Å². The fourth-order valence-electron chi connectivity index (χ4n) is 1.17. The van der Waals surface area contributed by atoms with Crippen molar-refractivity contribution in [1.29, 1.82) is 0 Å². The molecule has 0 bridgehead atoms. The lowest BCUT2D eigenvalue weighted by Crippen LogP contribution is -2.34. The van der Waals surface area contributed by atoms with Crippen molar-refractivity contribution in [3.8, 4) is 0 Å². The van der Waals surface area contributed by atoms with Gasteiger partial charge in [-0.05, 0) is 32.6 Å². The second kappa shape index (κ2) is 7.41. The summed E-state index contributed by atoms with van der Waals surface area (Å²) in [6.45, 7) is 9.58. The first kappa shape index (κ1) is 14.1. The average Bonchev–Trinajstić information content (AvgIpc) is 2.10. The zero-order valence-corrected chi connectivity index (χ0v) is 11.0. The lowest BCUT2D eigenvalue weighted by atomic mass is 10.0. The largest absolute Gasteiger partial charge is 0.313 e. The molecule has 0 radical (unpaired) electrons. The van der Waals surface area contributed by atoms with Crippen LogP contribution in [0.2, 0.25) is 0 Å². The molecule has 0 saturated carbocycles. The molecule has 0 aromatic rings. The molecule has 86 valence electrons. The van der Waals surface area contributed by atoms with Gasteiger partial charge in [-0.2, -0.15) is 0 Å². The average molecular weight is 219 g/mol. The maximum Gasteiger partial charge on any atom is 0.0441 e. The Balaban J connectivity index is 3.53. The molecular weight excluding hydrogens is 194 g/mol. The molecule has 3 atom stereocenters. The molecule has 2 nitrogen and oxygen atoms in total. The van der Waals surface area contributed by atoms with Crippen LogP contribution >= 0.6 is 0 Å². The van der Waals surface area contributed by atoms with Crippen molar-refractivity contribution in [3.63, 3.8) is 0 Å². The maximum absolute atomic E-state index is 11.1. The van der Waals surface area contributed by atoms with Gasteiger partial charge in [0, 0.05) is 34.9 Å². The third-order valence-electron chi connectivity index (χ3n) is 2.50. The minimum Gasteiger partial charge on any atom is -0.313 e. The molecule has 0 aromatic carbocycles. The van der Waals surface area contributed by atoms with Crippen LogP contribution in [0.5, 0.6) is 0 Å². The van der Waals surface area contributed by atoms with E-state index in [4.69, 9.17) is 0 Å². The summed E-state index contributed by atoms with van der Waals surface area (Å²) in [6, 6.07) is 0.545. The van der Waals surface area contributed by atoms with Crippen molar-refractivity contribution in [3.05, 3.63) is 0 Å². The number of rotatable bonds is 7. The van der Waals surface area contributed by atoms with Gasteiger partial charge in [0.25, 0.3) is 0 Å². The molecule has 0 aromatic heterocycles. The standard InChI is InChI=1S/C11H25NOS/c1-9(2)6-7-10(3)12-8-11(4)14(5)13/h9-12H,6-8H2,1-5H3. The molecule has 0 rings (SSSR count). The summed E-state index contributed by atoms with van der Waals surface area (Å²) in [6.07, 6.45) is 4.24. The Morgan fingerprint density at radius 1 is 1.14 bits per heavy atom. The van der Waals surface area contributed by atoms with Crippen LogP contribution in [0.4, 0.5) is 0 Å². The minimum atomic E-state index is -0.702. The van der Waals surface area contributed by atoms with E-state index in [0.717, 1.165) is 12.5 Å². The smallest absolute Gasteiger partial charge is 0.0441 e. The van der Waals surface area contributed by atoms with Crippen molar-refractivity contribution in [2.45, 2.75) is 51.8 Å². The zero-order valence-electron chi connectivity index (χ0n) is 10.2. The topological polar surface area (TPSA) is 29.1 Å². The zero-order chi connectivity index (χ0) is 11.1. The minimum absolute atomic E-state index is 0.261. The van der Waals surface area contributed by atoms with Gasteiger partial charge >= 0.3 is 0 Å². The van der Waals surface area contributed by atoms with Gasteiger partial charge in [-0.15, -0.1) is 0 Å². The van der Waals surface area contributed by atoms with Crippen LogP contribution in [0.15, 0.2) is 0 Å². The summed E-state index contributed by atoms with van der Waals surface area (Å²) in [7, 11) is -0.702. The molecule has 1 N–H and O–H groups in total. The van der Waals surface area contributed by atoms with Gasteiger partial charge in [-0.25, -0.2) is 0 Å². The fourth-order valence-corrected chi connectivity index (χ4v) is 1.50. The monoisotopic (exact) mass is 219 g/mol. The molecule has 14 heavy (non-hydrogen) atoms. The van der Waals surface area contributed by atoms with Crippen molar-refractivity contribution < 1.29 is 4.21 Å². The Morgan fingerprint density at radius 3 is 2.14 bits per heavy atom. The van der Waals surface area contributed by atoms with E-state index in [2.05, 4.69) is 26.1 Å². The van der Waals surface area contributed by atoms with Crippen LogP contribution in [0.1, 0.15) is 40.5 Å². The van der Waals surface area contributed by atoms with E-state index in [1.807, 2.05) is 6.92 Å². The van der Waals surface area contributed by atoms with Gasteiger partial charge < -0.3 is 5.32 Å². The van der Waals surface area contributed by atoms with Crippen molar-refractivity contribution >= 4 is 10.8 Å². The van der Waals surface area contributed by atoms with Gasteiger partial charge in [0.15, 0.2) is 0 Å². The molecule has 0 fully saturated rings. The van der Waals surface area contributed by atoms with Crippen LogP contribution in [-0.4, -0.2) is 28.3 Å². The van der Waals surface area contributed by atoms with Gasteiger partial charge in [-0.3, -0.25) is 4.21 Å². The SMILES string of the molecule is CC(C)CCC(C)NCC(C)S(C)=O. The van der Waals surface area contributed by atoms with Gasteiger partial charge in [0.05, 0.1) is 0 Å². The molecule has 0 spiro atoms. The molecule has 0 aliphatic heterocycles.